The molecule has 0 aliphatic carbocycles. The Kier molecular flexibility index (Phi) is 5.89. The van der Waals surface area contributed by atoms with Crippen molar-refractivity contribution in [2.24, 2.45) is 5.73 Å². The molecule has 0 aliphatic rings. The average molecular weight is 289 g/mol. The monoisotopic (exact) mass is 289 g/mol. The van der Waals surface area contributed by atoms with Crippen LogP contribution in [0.3, 0.4) is 0 Å². The standard InChI is InChI=1S/C14H15N3O4/c1-10(16)7-14(18)21-6-5-12(9-15)11-3-2-4-13(8-11)17(19)20/h2-4,7-8,12H,5-6,16H2,1H3/b10-7-. The number of hydrogen-bond acceptors (Lipinski definition) is 6. The number of ether oxygens (including phenoxy) is 1. The zero-order valence-corrected chi connectivity index (χ0v) is 11.5. The maximum Gasteiger partial charge on any atom is 0.332 e. The molecule has 0 saturated carbocycles. The highest BCUT2D eigenvalue weighted by Gasteiger charge is 2.15. The van der Waals surface area contributed by atoms with E-state index in [0.717, 1.165) is 6.08 Å². The van der Waals surface area contributed by atoms with E-state index < -0.39 is 16.8 Å². The molecule has 0 aliphatic heterocycles. The maximum atomic E-state index is 11.3. The normalized spacial score (nSPS) is 12.3. The van der Waals surface area contributed by atoms with Crippen molar-refractivity contribution < 1.29 is 14.5 Å². The number of non-ortho nitro benzene ring substituents is 1. The summed E-state index contributed by atoms with van der Waals surface area (Å²) in [6, 6.07) is 7.90. The van der Waals surface area contributed by atoms with Gasteiger partial charge in [0, 0.05) is 30.3 Å². The molecule has 0 saturated heterocycles. The molecule has 1 unspecified atom stereocenters. The summed E-state index contributed by atoms with van der Waals surface area (Å²) in [4.78, 5) is 21.4. The number of allylic oxidation sites excluding steroid dienone is 1. The number of nitrogens with zero attached hydrogens (tertiary/aromatic N) is 2. The van der Waals surface area contributed by atoms with Crippen molar-refractivity contribution in [1.82, 2.24) is 0 Å². The quantitative estimate of drug-likeness (QED) is 0.370. The van der Waals surface area contributed by atoms with Gasteiger partial charge in [0.25, 0.3) is 5.69 Å². The van der Waals surface area contributed by atoms with Crippen molar-refractivity contribution in [3.05, 3.63) is 51.7 Å². The van der Waals surface area contributed by atoms with Gasteiger partial charge in [-0.2, -0.15) is 5.26 Å². The summed E-state index contributed by atoms with van der Waals surface area (Å²) in [5.41, 5.74) is 6.10. The van der Waals surface area contributed by atoms with Gasteiger partial charge in [-0.25, -0.2) is 4.79 Å². The molecule has 110 valence electrons. The first-order valence-electron chi connectivity index (χ1n) is 6.18. The van der Waals surface area contributed by atoms with Crippen molar-refractivity contribution >= 4 is 11.7 Å². The summed E-state index contributed by atoms with van der Waals surface area (Å²) in [6.45, 7) is 1.59. The Labute approximate surface area is 121 Å². The molecule has 2 N–H and O–H groups in total. The molecule has 0 aromatic heterocycles. The molecular formula is C14H15N3O4. The maximum absolute atomic E-state index is 11.3. The van der Waals surface area contributed by atoms with E-state index in [9.17, 15) is 14.9 Å². The van der Waals surface area contributed by atoms with Gasteiger partial charge >= 0.3 is 5.97 Å². The van der Waals surface area contributed by atoms with E-state index in [1.807, 2.05) is 6.07 Å². The van der Waals surface area contributed by atoms with Gasteiger partial charge in [-0.05, 0) is 12.5 Å². The highest BCUT2D eigenvalue weighted by molar-refractivity contribution is 5.82. The molecule has 7 nitrogen and oxygen atoms in total. The minimum absolute atomic E-state index is 0.0313. The van der Waals surface area contributed by atoms with Crippen molar-refractivity contribution in [3.8, 4) is 6.07 Å². The zero-order chi connectivity index (χ0) is 15.8. The van der Waals surface area contributed by atoms with E-state index in [-0.39, 0.29) is 18.7 Å². The second-order valence-corrected chi connectivity index (χ2v) is 4.38. The summed E-state index contributed by atoms with van der Waals surface area (Å²) in [6.07, 6.45) is 1.40. The number of nitro benzene ring substituents is 1. The Balaban J connectivity index is 2.66. The van der Waals surface area contributed by atoms with E-state index >= 15 is 0 Å². The minimum atomic E-state index is -0.583. The smallest absolute Gasteiger partial charge is 0.332 e. The van der Waals surface area contributed by atoms with Crippen LogP contribution in [-0.2, 0) is 9.53 Å². The van der Waals surface area contributed by atoms with Crippen molar-refractivity contribution in [1.29, 1.82) is 5.26 Å². The predicted molar refractivity (Wildman–Crippen MR) is 75.0 cm³/mol. The van der Waals surface area contributed by atoms with Gasteiger partial charge in [-0.3, -0.25) is 10.1 Å². The second-order valence-electron chi connectivity index (χ2n) is 4.38. The lowest BCUT2D eigenvalue weighted by Crippen LogP contribution is -2.08. The zero-order valence-electron chi connectivity index (χ0n) is 11.5. The van der Waals surface area contributed by atoms with E-state index in [2.05, 4.69) is 0 Å². The number of carbonyl (C=O) groups is 1. The van der Waals surface area contributed by atoms with Gasteiger partial charge in [-0.1, -0.05) is 12.1 Å². The Morgan fingerprint density at radius 2 is 2.33 bits per heavy atom. The third-order valence-corrected chi connectivity index (χ3v) is 2.64. The summed E-state index contributed by atoms with van der Waals surface area (Å²) >= 11 is 0. The van der Waals surface area contributed by atoms with Crippen LogP contribution in [0.4, 0.5) is 5.69 Å². The Morgan fingerprint density at radius 1 is 1.62 bits per heavy atom. The number of nitrogens with two attached hydrogens (primary N) is 1. The SMILES string of the molecule is C/C(N)=C/C(=O)OCCC(C#N)c1cccc([N+](=O)[O-])c1. The number of benzene rings is 1. The summed E-state index contributed by atoms with van der Waals surface area (Å²) < 4.78 is 4.90. The third-order valence-electron chi connectivity index (χ3n) is 2.64. The van der Waals surface area contributed by atoms with Crippen LogP contribution in [-0.4, -0.2) is 17.5 Å². The van der Waals surface area contributed by atoms with Crippen LogP contribution in [0, 0.1) is 21.4 Å². The van der Waals surface area contributed by atoms with Crippen LogP contribution >= 0.6 is 0 Å². The van der Waals surface area contributed by atoms with Crippen molar-refractivity contribution in [2.45, 2.75) is 19.3 Å². The highest BCUT2D eigenvalue weighted by Crippen LogP contribution is 2.23. The summed E-state index contributed by atoms with van der Waals surface area (Å²) in [7, 11) is 0. The fourth-order valence-corrected chi connectivity index (χ4v) is 1.67. The third kappa shape index (κ3) is 5.32. The summed E-state index contributed by atoms with van der Waals surface area (Å²) in [5, 5.41) is 19.8. The van der Waals surface area contributed by atoms with Crippen LogP contribution < -0.4 is 5.73 Å². The Bertz CT molecular complexity index is 600. The van der Waals surface area contributed by atoms with Gasteiger partial charge < -0.3 is 10.5 Å². The molecule has 7 heteroatoms. The average Bonchev–Trinajstić information content (AvgIpc) is 2.43. The molecule has 0 heterocycles. The molecule has 0 fully saturated rings. The molecule has 0 spiro atoms. The van der Waals surface area contributed by atoms with E-state index in [4.69, 9.17) is 15.7 Å². The van der Waals surface area contributed by atoms with E-state index in [0.29, 0.717) is 11.3 Å². The number of carbonyl (C=O) groups excluding carboxylic acids is 1. The van der Waals surface area contributed by atoms with Gasteiger partial charge in [0.2, 0.25) is 0 Å². The topological polar surface area (TPSA) is 119 Å². The first-order chi connectivity index (χ1) is 9.93. The van der Waals surface area contributed by atoms with Gasteiger partial charge in [-0.15, -0.1) is 0 Å². The number of nitriles is 1. The second kappa shape index (κ2) is 7.65. The fraction of sp³-hybridized carbons (Fsp3) is 0.286. The molecule has 0 radical (unpaired) electrons. The summed E-state index contributed by atoms with van der Waals surface area (Å²) in [5.74, 6) is -1.16. The van der Waals surface area contributed by atoms with Crippen LogP contribution in [0.15, 0.2) is 36.0 Å². The van der Waals surface area contributed by atoms with Gasteiger partial charge in [0.05, 0.1) is 23.5 Å². The minimum Gasteiger partial charge on any atom is -0.462 e. The van der Waals surface area contributed by atoms with Crippen molar-refractivity contribution in [3.63, 3.8) is 0 Å². The Morgan fingerprint density at radius 3 is 2.90 bits per heavy atom. The fourth-order valence-electron chi connectivity index (χ4n) is 1.67. The molecule has 1 aromatic rings. The predicted octanol–water partition coefficient (Wildman–Crippen LogP) is 2.00. The number of esters is 1. The largest absolute Gasteiger partial charge is 0.462 e. The lowest BCUT2D eigenvalue weighted by Gasteiger charge is -2.09. The molecule has 0 bridgehead atoms. The van der Waals surface area contributed by atoms with Gasteiger partial charge in [0.15, 0.2) is 0 Å². The molecule has 1 aromatic carbocycles. The number of nitro groups is 1. The lowest BCUT2D eigenvalue weighted by atomic mass is 9.97. The van der Waals surface area contributed by atoms with Crippen molar-refractivity contribution in [2.75, 3.05) is 6.61 Å². The Hall–Kier alpha value is -2.88. The number of hydrogen-bond donors (Lipinski definition) is 1. The first kappa shape index (κ1) is 16.2. The lowest BCUT2D eigenvalue weighted by molar-refractivity contribution is -0.384. The molecule has 21 heavy (non-hydrogen) atoms. The number of rotatable bonds is 6. The van der Waals surface area contributed by atoms with Crippen LogP contribution in [0.1, 0.15) is 24.8 Å². The van der Waals surface area contributed by atoms with E-state index in [1.54, 1.807) is 13.0 Å². The molecule has 1 rings (SSSR count). The first-order valence-corrected chi connectivity index (χ1v) is 6.18. The van der Waals surface area contributed by atoms with Crippen LogP contribution in [0.5, 0.6) is 0 Å². The molecule has 0 amide bonds. The molecular weight excluding hydrogens is 274 g/mol. The molecule has 1 atom stereocenters. The van der Waals surface area contributed by atoms with Gasteiger partial charge in [0.1, 0.15) is 0 Å². The van der Waals surface area contributed by atoms with E-state index in [1.165, 1.54) is 18.2 Å². The van der Waals surface area contributed by atoms with Crippen LogP contribution in [0.25, 0.3) is 0 Å². The highest BCUT2D eigenvalue weighted by atomic mass is 16.6. The van der Waals surface area contributed by atoms with Crippen LogP contribution in [0.2, 0.25) is 0 Å².